The zero-order chi connectivity index (χ0) is 22.8. The van der Waals surface area contributed by atoms with Crippen molar-refractivity contribution in [3.8, 4) is 0 Å². The number of carbonyl (C=O) groups is 2. The number of amides is 2. The van der Waals surface area contributed by atoms with Crippen LogP contribution in [0.3, 0.4) is 0 Å². The number of morpholine rings is 2. The molecule has 0 unspecified atom stereocenters. The Morgan fingerprint density at radius 2 is 1.82 bits per heavy atom. The van der Waals surface area contributed by atoms with Gasteiger partial charge in [0, 0.05) is 37.8 Å². The molecule has 5 rings (SSSR count). The first-order valence-corrected chi connectivity index (χ1v) is 11.3. The van der Waals surface area contributed by atoms with Gasteiger partial charge in [0.1, 0.15) is 11.8 Å². The lowest BCUT2D eigenvalue weighted by Crippen LogP contribution is -2.43. The molecule has 0 aliphatic carbocycles. The van der Waals surface area contributed by atoms with Crippen molar-refractivity contribution in [2.45, 2.75) is 19.6 Å². The van der Waals surface area contributed by atoms with Gasteiger partial charge in [-0.15, -0.1) is 0 Å². The predicted molar refractivity (Wildman–Crippen MR) is 121 cm³/mol. The second kappa shape index (κ2) is 9.29. The first-order chi connectivity index (χ1) is 16.1. The molecule has 33 heavy (non-hydrogen) atoms. The molecule has 0 spiro atoms. The summed E-state index contributed by atoms with van der Waals surface area (Å²) in [7, 11) is 0. The van der Waals surface area contributed by atoms with Crippen LogP contribution in [-0.2, 0) is 16.0 Å². The number of pyridine rings is 1. The van der Waals surface area contributed by atoms with Gasteiger partial charge < -0.3 is 19.3 Å². The van der Waals surface area contributed by atoms with E-state index in [0.29, 0.717) is 69.5 Å². The minimum atomic E-state index is -0.420. The first kappa shape index (κ1) is 21.5. The smallest absolute Gasteiger partial charge is 0.274 e. The van der Waals surface area contributed by atoms with Gasteiger partial charge in [0.25, 0.3) is 11.8 Å². The second-order valence-electron chi connectivity index (χ2n) is 8.18. The van der Waals surface area contributed by atoms with Crippen molar-refractivity contribution >= 4 is 22.7 Å². The molecule has 1 atom stereocenters. The normalized spacial score (nSPS) is 19.1. The van der Waals surface area contributed by atoms with Gasteiger partial charge in [-0.2, -0.15) is 5.10 Å². The maximum absolute atomic E-state index is 13.4. The number of ether oxygens (including phenoxy) is 2. The summed E-state index contributed by atoms with van der Waals surface area (Å²) in [6, 6.07) is 11.2. The first-order valence-electron chi connectivity index (χ1n) is 11.3. The Morgan fingerprint density at radius 1 is 1.03 bits per heavy atom. The van der Waals surface area contributed by atoms with Crippen LogP contribution in [0.1, 0.15) is 39.6 Å². The van der Waals surface area contributed by atoms with Crippen molar-refractivity contribution in [2.24, 2.45) is 0 Å². The molecule has 0 bridgehead atoms. The number of para-hydroxylation sites is 1. The molecular formula is C24H27N5O4. The van der Waals surface area contributed by atoms with Crippen molar-refractivity contribution in [3.63, 3.8) is 0 Å². The molecule has 172 valence electrons. The third kappa shape index (κ3) is 4.34. The Hall–Kier alpha value is -3.30. The molecule has 2 aliphatic heterocycles. The van der Waals surface area contributed by atoms with Crippen LogP contribution >= 0.6 is 0 Å². The Bertz CT molecular complexity index is 1170. The average Bonchev–Trinajstić information content (AvgIpc) is 3.37. The Morgan fingerprint density at radius 3 is 2.61 bits per heavy atom. The highest BCUT2D eigenvalue weighted by Gasteiger charge is 2.30. The van der Waals surface area contributed by atoms with Crippen molar-refractivity contribution in [1.29, 1.82) is 0 Å². The maximum atomic E-state index is 13.4. The van der Waals surface area contributed by atoms with Gasteiger partial charge in [-0.3, -0.25) is 14.3 Å². The summed E-state index contributed by atoms with van der Waals surface area (Å²) in [4.78, 5) is 34.7. The molecule has 4 heterocycles. The number of aryl methyl sites for hydroxylation is 1. The fourth-order valence-electron chi connectivity index (χ4n) is 4.30. The molecule has 2 amide bonds. The summed E-state index contributed by atoms with van der Waals surface area (Å²) in [5.41, 5.74) is 2.42. The van der Waals surface area contributed by atoms with Crippen LogP contribution in [0.25, 0.3) is 10.9 Å². The zero-order valence-corrected chi connectivity index (χ0v) is 18.6. The minimum Gasteiger partial charge on any atom is -0.378 e. The highest BCUT2D eigenvalue weighted by Crippen LogP contribution is 2.27. The van der Waals surface area contributed by atoms with Crippen LogP contribution < -0.4 is 0 Å². The van der Waals surface area contributed by atoms with E-state index in [9.17, 15) is 9.59 Å². The van der Waals surface area contributed by atoms with Crippen LogP contribution in [0.5, 0.6) is 0 Å². The SMILES string of the molecule is CCn1ccc(C(=O)N2CCO[C@@H](c3cc(C(=O)N4CCOCC4)c4ccccc4n3)C2)n1. The number of fused-ring (bicyclic) bond motifs is 1. The topological polar surface area (TPSA) is 89.8 Å². The lowest BCUT2D eigenvalue weighted by molar-refractivity contribution is -0.0248. The number of hydrogen-bond acceptors (Lipinski definition) is 6. The Balaban J connectivity index is 1.44. The molecule has 3 aromatic rings. The van der Waals surface area contributed by atoms with E-state index in [2.05, 4.69) is 5.10 Å². The minimum absolute atomic E-state index is 0.0352. The summed E-state index contributed by atoms with van der Waals surface area (Å²) in [5, 5.41) is 5.15. The molecular weight excluding hydrogens is 422 g/mol. The number of hydrogen-bond donors (Lipinski definition) is 0. The molecule has 0 saturated carbocycles. The Kier molecular flexibility index (Phi) is 6.06. The van der Waals surface area contributed by atoms with E-state index in [1.54, 1.807) is 21.8 Å². The van der Waals surface area contributed by atoms with Crippen molar-refractivity contribution in [2.75, 3.05) is 46.0 Å². The molecule has 2 aliphatic rings. The number of carbonyl (C=O) groups excluding carboxylic acids is 2. The maximum Gasteiger partial charge on any atom is 0.274 e. The summed E-state index contributed by atoms with van der Waals surface area (Å²) in [6.45, 7) is 6.14. The van der Waals surface area contributed by atoms with Crippen molar-refractivity contribution < 1.29 is 19.1 Å². The van der Waals surface area contributed by atoms with Crippen molar-refractivity contribution in [3.05, 3.63) is 59.5 Å². The van der Waals surface area contributed by atoms with Crippen LogP contribution in [0.2, 0.25) is 0 Å². The second-order valence-corrected chi connectivity index (χ2v) is 8.18. The number of nitrogens with zero attached hydrogens (tertiary/aromatic N) is 5. The molecule has 1 aromatic carbocycles. The van der Waals surface area contributed by atoms with E-state index in [1.165, 1.54) is 0 Å². The molecule has 2 fully saturated rings. The molecule has 2 saturated heterocycles. The zero-order valence-electron chi connectivity index (χ0n) is 18.6. The van der Waals surface area contributed by atoms with Gasteiger partial charge in [0.15, 0.2) is 0 Å². The van der Waals surface area contributed by atoms with E-state index < -0.39 is 6.10 Å². The standard InChI is InChI=1S/C24H27N5O4/c1-2-29-8-7-20(26-29)24(31)28-11-14-33-22(16-28)21-15-18(17-5-3-4-6-19(17)25-21)23(30)27-9-12-32-13-10-27/h3-8,15,22H,2,9-14,16H2,1H3/t22-/m1/s1. The summed E-state index contributed by atoms with van der Waals surface area (Å²) in [5.74, 6) is -0.159. The van der Waals surface area contributed by atoms with Crippen LogP contribution in [0, 0.1) is 0 Å². The highest BCUT2D eigenvalue weighted by molar-refractivity contribution is 6.06. The molecule has 9 heteroatoms. The lowest BCUT2D eigenvalue weighted by Gasteiger charge is -2.33. The predicted octanol–water partition coefficient (Wildman–Crippen LogP) is 2.14. The van der Waals surface area contributed by atoms with E-state index in [-0.39, 0.29) is 11.8 Å². The lowest BCUT2D eigenvalue weighted by atomic mass is 10.0. The van der Waals surface area contributed by atoms with Gasteiger partial charge in [0.2, 0.25) is 0 Å². The largest absolute Gasteiger partial charge is 0.378 e. The number of benzene rings is 1. The number of rotatable bonds is 4. The number of aromatic nitrogens is 3. The fraction of sp³-hybridized carbons (Fsp3) is 0.417. The highest BCUT2D eigenvalue weighted by atomic mass is 16.5. The molecule has 0 N–H and O–H groups in total. The van der Waals surface area contributed by atoms with E-state index in [4.69, 9.17) is 14.5 Å². The average molecular weight is 450 g/mol. The van der Waals surface area contributed by atoms with Gasteiger partial charge >= 0.3 is 0 Å². The van der Waals surface area contributed by atoms with E-state index >= 15 is 0 Å². The van der Waals surface area contributed by atoms with Gasteiger partial charge in [-0.25, -0.2) is 4.98 Å². The molecule has 2 aromatic heterocycles. The van der Waals surface area contributed by atoms with Crippen LogP contribution in [0.4, 0.5) is 0 Å². The van der Waals surface area contributed by atoms with E-state index in [0.717, 1.165) is 10.9 Å². The third-order valence-corrected chi connectivity index (χ3v) is 6.13. The van der Waals surface area contributed by atoms with Gasteiger partial charge in [-0.05, 0) is 25.1 Å². The fourth-order valence-corrected chi connectivity index (χ4v) is 4.30. The summed E-state index contributed by atoms with van der Waals surface area (Å²) in [6.07, 6.45) is 1.39. The quantitative estimate of drug-likeness (QED) is 0.606. The Labute approximate surface area is 191 Å². The van der Waals surface area contributed by atoms with Crippen molar-refractivity contribution in [1.82, 2.24) is 24.6 Å². The summed E-state index contributed by atoms with van der Waals surface area (Å²) < 4.78 is 13.1. The molecule has 0 radical (unpaired) electrons. The van der Waals surface area contributed by atoms with Crippen LogP contribution in [0.15, 0.2) is 42.6 Å². The molecule has 9 nitrogen and oxygen atoms in total. The van der Waals surface area contributed by atoms with E-state index in [1.807, 2.05) is 42.2 Å². The third-order valence-electron chi connectivity index (χ3n) is 6.13. The monoisotopic (exact) mass is 449 g/mol. The summed E-state index contributed by atoms with van der Waals surface area (Å²) >= 11 is 0. The van der Waals surface area contributed by atoms with Gasteiger partial charge in [-0.1, -0.05) is 18.2 Å². The van der Waals surface area contributed by atoms with Crippen LogP contribution in [-0.4, -0.2) is 82.4 Å². The van der Waals surface area contributed by atoms with Gasteiger partial charge in [0.05, 0.1) is 43.1 Å².